The molecule has 130 valence electrons. The first-order chi connectivity index (χ1) is 10.9. The minimum absolute atomic E-state index is 0.0287. The van der Waals surface area contributed by atoms with Crippen molar-refractivity contribution in [2.24, 2.45) is 0 Å². The summed E-state index contributed by atoms with van der Waals surface area (Å²) in [6.45, 7) is 2.57. The van der Waals surface area contributed by atoms with Gasteiger partial charge in [-0.1, -0.05) is 17.7 Å². The Morgan fingerprint density at radius 3 is 1.88 bits per heavy atom. The van der Waals surface area contributed by atoms with Gasteiger partial charge in [0.1, 0.15) is 0 Å². The zero-order valence-corrected chi connectivity index (χ0v) is 12.4. The highest BCUT2D eigenvalue weighted by molar-refractivity contribution is 5.69. The van der Waals surface area contributed by atoms with Gasteiger partial charge in [-0.3, -0.25) is 9.97 Å². The number of benzene rings is 1. The lowest BCUT2D eigenvalue weighted by molar-refractivity contribution is -0.348. The molecular formula is C15H11F7N2. The third-order valence-corrected chi connectivity index (χ3v) is 3.45. The summed E-state index contributed by atoms with van der Waals surface area (Å²) in [5.41, 5.74) is -7.83. The number of rotatable bonds is 2. The van der Waals surface area contributed by atoms with E-state index in [1.54, 1.807) is 0 Å². The molecule has 0 radical (unpaired) electrons. The lowest BCUT2D eigenvalue weighted by Gasteiger charge is -2.32. The van der Waals surface area contributed by atoms with Crippen LogP contribution in [0.15, 0.2) is 30.7 Å². The van der Waals surface area contributed by atoms with Crippen molar-refractivity contribution in [3.63, 3.8) is 0 Å². The minimum atomic E-state index is -6.19. The Kier molecular flexibility index (Phi) is 4.32. The largest absolute Gasteiger partial charge is 0.435 e. The fraction of sp³-hybridized carbons (Fsp3) is 0.333. The second-order valence-electron chi connectivity index (χ2n) is 5.25. The smallest absolute Gasteiger partial charge is 0.261 e. The fourth-order valence-corrected chi connectivity index (χ4v) is 2.47. The highest BCUT2D eigenvalue weighted by Gasteiger charge is 2.74. The number of nitrogens with zero attached hydrogens (tertiary/aromatic N) is 2. The van der Waals surface area contributed by atoms with Crippen LogP contribution in [0.3, 0.4) is 0 Å². The highest BCUT2D eigenvalue weighted by atomic mass is 19.4. The molecule has 0 amide bonds. The summed E-state index contributed by atoms with van der Waals surface area (Å²) in [5.74, 6) is 0. The third kappa shape index (κ3) is 2.83. The Morgan fingerprint density at radius 1 is 0.833 bits per heavy atom. The maximum Gasteiger partial charge on any atom is 0.435 e. The lowest BCUT2D eigenvalue weighted by Crippen LogP contribution is -2.50. The Balaban J connectivity index is 2.92. The van der Waals surface area contributed by atoms with Crippen LogP contribution in [0, 0.1) is 13.8 Å². The molecule has 2 nitrogen and oxygen atoms in total. The average Bonchev–Trinajstić information content (AvgIpc) is 2.44. The molecule has 1 heterocycles. The topological polar surface area (TPSA) is 25.8 Å². The molecule has 0 aliphatic rings. The second kappa shape index (κ2) is 5.71. The summed E-state index contributed by atoms with van der Waals surface area (Å²) in [6.07, 6.45) is -9.11. The van der Waals surface area contributed by atoms with Gasteiger partial charge >= 0.3 is 18.0 Å². The van der Waals surface area contributed by atoms with Crippen molar-refractivity contribution in [2.75, 3.05) is 0 Å². The Hall–Kier alpha value is -2.19. The zero-order valence-electron chi connectivity index (χ0n) is 12.4. The predicted octanol–water partition coefficient (Wildman–Crippen LogP) is 5.05. The first-order valence-electron chi connectivity index (χ1n) is 6.60. The summed E-state index contributed by atoms with van der Waals surface area (Å²) < 4.78 is 93.2. The van der Waals surface area contributed by atoms with Crippen molar-refractivity contribution in [1.82, 2.24) is 9.97 Å². The van der Waals surface area contributed by atoms with Gasteiger partial charge in [-0.25, -0.2) is 4.39 Å². The van der Waals surface area contributed by atoms with Gasteiger partial charge < -0.3 is 0 Å². The van der Waals surface area contributed by atoms with E-state index in [0.717, 1.165) is 12.4 Å². The molecule has 0 saturated carbocycles. The van der Waals surface area contributed by atoms with Gasteiger partial charge in [-0.2, -0.15) is 26.3 Å². The van der Waals surface area contributed by atoms with E-state index in [-0.39, 0.29) is 16.8 Å². The van der Waals surface area contributed by atoms with Gasteiger partial charge in [0.05, 0.1) is 11.9 Å². The van der Waals surface area contributed by atoms with Crippen molar-refractivity contribution >= 4 is 0 Å². The van der Waals surface area contributed by atoms with E-state index in [2.05, 4.69) is 9.97 Å². The first kappa shape index (κ1) is 18.2. The van der Waals surface area contributed by atoms with Crippen LogP contribution in [0.2, 0.25) is 0 Å². The van der Waals surface area contributed by atoms with Gasteiger partial charge in [0.15, 0.2) is 0 Å². The molecule has 0 spiro atoms. The molecule has 2 rings (SSSR count). The van der Waals surface area contributed by atoms with Crippen molar-refractivity contribution in [3.8, 4) is 11.3 Å². The van der Waals surface area contributed by atoms with Crippen molar-refractivity contribution in [2.45, 2.75) is 31.9 Å². The van der Waals surface area contributed by atoms with E-state index >= 15 is 0 Å². The number of aromatic nitrogens is 2. The maximum absolute atomic E-state index is 14.5. The van der Waals surface area contributed by atoms with Crippen LogP contribution < -0.4 is 0 Å². The van der Waals surface area contributed by atoms with Crippen molar-refractivity contribution < 1.29 is 30.7 Å². The monoisotopic (exact) mass is 352 g/mol. The third-order valence-electron chi connectivity index (χ3n) is 3.45. The van der Waals surface area contributed by atoms with Crippen molar-refractivity contribution in [1.29, 1.82) is 0 Å². The minimum Gasteiger partial charge on any atom is -0.261 e. The van der Waals surface area contributed by atoms with E-state index in [1.165, 1.54) is 26.1 Å². The van der Waals surface area contributed by atoms with E-state index in [4.69, 9.17) is 0 Å². The molecule has 1 aromatic carbocycles. The molecule has 9 heteroatoms. The summed E-state index contributed by atoms with van der Waals surface area (Å²) in [5, 5.41) is 0. The van der Waals surface area contributed by atoms with Crippen LogP contribution in [0.4, 0.5) is 30.7 Å². The molecular weight excluding hydrogens is 341 g/mol. The van der Waals surface area contributed by atoms with Crippen molar-refractivity contribution in [3.05, 3.63) is 47.4 Å². The first-order valence-corrected chi connectivity index (χ1v) is 6.60. The Bertz CT molecular complexity index is 722. The van der Waals surface area contributed by atoms with E-state index in [0.29, 0.717) is 6.07 Å². The summed E-state index contributed by atoms with van der Waals surface area (Å²) in [6, 6.07) is 1.89. The van der Waals surface area contributed by atoms with Crippen LogP contribution >= 0.6 is 0 Å². The molecule has 1 aromatic heterocycles. The molecule has 0 unspecified atom stereocenters. The zero-order chi connectivity index (χ0) is 18.3. The molecule has 0 bridgehead atoms. The summed E-state index contributed by atoms with van der Waals surface area (Å²) in [7, 11) is 0. The molecule has 0 aliphatic carbocycles. The van der Waals surface area contributed by atoms with Crippen LogP contribution in [0.1, 0.15) is 16.7 Å². The number of aryl methyl sites for hydroxylation is 2. The van der Waals surface area contributed by atoms with Gasteiger partial charge in [0, 0.05) is 23.5 Å². The maximum atomic E-state index is 14.5. The summed E-state index contributed by atoms with van der Waals surface area (Å²) in [4.78, 5) is 7.34. The van der Waals surface area contributed by atoms with Gasteiger partial charge in [-0.05, 0) is 19.4 Å². The van der Waals surface area contributed by atoms with E-state index < -0.39 is 29.1 Å². The number of hydrogen-bond donors (Lipinski definition) is 0. The normalized spacial score (nSPS) is 13.2. The van der Waals surface area contributed by atoms with E-state index in [9.17, 15) is 30.7 Å². The fourth-order valence-electron chi connectivity index (χ4n) is 2.47. The van der Waals surface area contributed by atoms with Gasteiger partial charge in [0.25, 0.3) is 0 Å². The average molecular weight is 352 g/mol. The van der Waals surface area contributed by atoms with E-state index in [1.807, 2.05) is 0 Å². The number of alkyl halides is 7. The quantitative estimate of drug-likeness (QED) is 0.707. The van der Waals surface area contributed by atoms with Crippen LogP contribution in [0.25, 0.3) is 11.3 Å². The molecule has 0 aliphatic heterocycles. The highest BCUT2D eigenvalue weighted by Crippen LogP contribution is 2.55. The Labute approximate surface area is 132 Å². The van der Waals surface area contributed by atoms with Crippen LogP contribution in [-0.4, -0.2) is 22.3 Å². The molecule has 2 aromatic rings. The number of halogens is 7. The van der Waals surface area contributed by atoms with Gasteiger partial charge in [0.2, 0.25) is 0 Å². The molecule has 0 N–H and O–H groups in total. The molecule has 0 fully saturated rings. The standard InChI is InChI=1S/C15H11F7N2/c1-8-5-9(2)12(11-7-23-3-4-24-11)10(6-8)13(16,14(17,18)19)15(20,21)22/h3-7H,1-2H3. The molecule has 0 saturated heterocycles. The van der Waals surface area contributed by atoms with Gasteiger partial charge in [-0.15, -0.1) is 0 Å². The molecule has 0 atom stereocenters. The SMILES string of the molecule is Cc1cc(C)c(-c2cnccn2)c(C(F)(C(F)(F)F)C(F)(F)F)c1. The Morgan fingerprint density at radius 2 is 1.42 bits per heavy atom. The second-order valence-corrected chi connectivity index (χ2v) is 5.25. The lowest BCUT2D eigenvalue weighted by atomic mass is 9.85. The predicted molar refractivity (Wildman–Crippen MR) is 71.8 cm³/mol. The van der Waals surface area contributed by atoms with Crippen LogP contribution in [-0.2, 0) is 5.67 Å². The van der Waals surface area contributed by atoms with Crippen LogP contribution in [0.5, 0.6) is 0 Å². The summed E-state index contributed by atoms with van der Waals surface area (Å²) >= 11 is 0. The number of hydrogen-bond acceptors (Lipinski definition) is 2. The molecule has 24 heavy (non-hydrogen) atoms.